The summed E-state index contributed by atoms with van der Waals surface area (Å²) in [5, 5.41) is 13.0. The van der Waals surface area contributed by atoms with E-state index in [-0.39, 0.29) is 6.10 Å². The van der Waals surface area contributed by atoms with Gasteiger partial charge in [0, 0.05) is 36.6 Å². The standard InChI is InChI=1S/C20H18N6O/c1-2-5-15(6-3-1)17-11-18(20-23-22-14-26(20)24-17)25-9-10-27-19(13-25)16-7-4-8-21-12-16/h1-8,11-12,14,19H,9-10,13H2. The van der Waals surface area contributed by atoms with Gasteiger partial charge in [0.1, 0.15) is 12.4 Å². The maximum Gasteiger partial charge on any atom is 0.200 e. The first-order chi connectivity index (χ1) is 13.4. The van der Waals surface area contributed by atoms with Crippen LogP contribution in [0.15, 0.2) is 67.3 Å². The summed E-state index contributed by atoms with van der Waals surface area (Å²) >= 11 is 0. The van der Waals surface area contributed by atoms with Crippen LogP contribution in [-0.2, 0) is 4.74 Å². The van der Waals surface area contributed by atoms with Crippen LogP contribution in [-0.4, -0.2) is 44.5 Å². The molecule has 0 spiro atoms. The Morgan fingerprint density at radius 3 is 2.85 bits per heavy atom. The molecule has 4 aromatic rings. The molecule has 1 aromatic carbocycles. The van der Waals surface area contributed by atoms with Crippen molar-refractivity contribution in [2.75, 3.05) is 24.6 Å². The molecular weight excluding hydrogens is 340 g/mol. The molecule has 1 atom stereocenters. The summed E-state index contributed by atoms with van der Waals surface area (Å²) < 4.78 is 7.73. The first kappa shape index (κ1) is 15.9. The number of rotatable bonds is 3. The molecule has 3 aromatic heterocycles. The van der Waals surface area contributed by atoms with E-state index >= 15 is 0 Å². The van der Waals surface area contributed by atoms with Crippen LogP contribution in [0.4, 0.5) is 5.69 Å². The van der Waals surface area contributed by atoms with E-state index in [2.05, 4.69) is 49.4 Å². The molecule has 134 valence electrons. The van der Waals surface area contributed by atoms with Crippen LogP contribution >= 0.6 is 0 Å². The van der Waals surface area contributed by atoms with Crippen molar-refractivity contribution in [3.8, 4) is 11.3 Å². The number of hydrogen-bond acceptors (Lipinski definition) is 6. The number of hydrogen-bond donors (Lipinski definition) is 0. The Hall–Kier alpha value is -3.32. The topological polar surface area (TPSA) is 68.4 Å². The van der Waals surface area contributed by atoms with Crippen LogP contribution < -0.4 is 4.90 Å². The summed E-state index contributed by atoms with van der Waals surface area (Å²) in [6, 6.07) is 16.2. The van der Waals surface area contributed by atoms with Crippen molar-refractivity contribution in [1.29, 1.82) is 0 Å². The third-order valence-electron chi connectivity index (χ3n) is 4.78. The van der Waals surface area contributed by atoms with Crippen molar-refractivity contribution in [2.24, 2.45) is 0 Å². The van der Waals surface area contributed by atoms with Crippen molar-refractivity contribution in [3.63, 3.8) is 0 Å². The molecule has 5 rings (SSSR count). The van der Waals surface area contributed by atoms with Crippen LogP contribution in [0.1, 0.15) is 11.7 Å². The predicted molar refractivity (Wildman–Crippen MR) is 101 cm³/mol. The molecule has 0 saturated carbocycles. The molecule has 0 aliphatic carbocycles. The zero-order valence-electron chi connectivity index (χ0n) is 14.6. The van der Waals surface area contributed by atoms with Crippen LogP contribution in [0, 0.1) is 0 Å². The summed E-state index contributed by atoms with van der Waals surface area (Å²) in [6.07, 6.45) is 5.26. The Balaban J connectivity index is 1.55. The van der Waals surface area contributed by atoms with E-state index in [0.29, 0.717) is 6.61 Å². The van der Waals surface area contributed by atoms with E-state index in [1.54, 1.807) is 17.0 Å². The van der Waals surface area contributed by atoms with Crippen LogP contribution in [0.2, 0.25) is 0 Å². The highest BCUT2D eigenvalue weighted by atomic mass is 16.5. The molecule has 4 heterocycles. The van der Waals surface area contributed by atoms with Crippen molar-refractivity contribution in [1.82, 2.24) is 24.8 Å². The summed E-state index contributed by atoms with van der Waals surface area (Å²) in [5.41, 5.74) is 4.80. The van der Waals surface area contributed by atoms with Gasteiger partial charge in [0.15, 0.2) is 0 Å². The summed E-state index contributed by atoms with van der Waals surface area (Å²) in [7, 11) is 0. The number of pyridine rings is 1. The van der Waals surface area contributed by atoms with E-state index in [0.717, 1.165) is 41.2 Å². The number of aromatic nitrogens is 5. The summed E-state index contributed by atoms with van der Waals surface area (Å²) in [6.45, 7) is 2.16. The molecule has 7 heteroatoms. The Morgan fingerprint density at radius 2 is 2.00 bits per heavy atom. The molecule has 0 radical (unpaired) electrons. The van der Waals surface area contributed by atoms with Gasteiger partial charge in [0.2, 0.25) is 5.65 Å². The van der Waals surface area contributed by atoms with Gasteiger partial charge in [-0.2, -0.15) is 9.61 Å². The van der Waals surface area contributed by atoms with Gasteiger partial charge in [0.25, 0.3) is 0 Å². The summed E-state index contributed by atoms with van der Waals surface area (Å²) in [5.74, 6) is 0. The monoisotopic (exact) mass is 358 g/mol. The second kappa shape index (κ2) is 6.77. The van der Waals surface area contributed by atoms with E-state index in [1.807, 2.05) is 30.5 Å². The molecule has 1 saturated heterocycles. The van der Waals surface area contributed by atoms with Crippen molar-refractivity contribution in [2.45, 2.75) is 6.10 Å². The highest BCUT2D eigenvalue weighted by Crippen LogP contribution is 2.30. The zero-order chi connectivity index (χ0) is 18.1. The molecule has 0 N–H and O–H groups in total. The predicted octanol–water partition coefficient (Wildman–Crippen LogP) is 2.76. The van der Waals surface area contributed by atoms with Gasteiger partial charge in [-0.05, 0) is 12.1 Å². The molecule has 1 fully saturated rings. The van der Waals surface area contributed by atoms with E-state index in [1.165, 1.54) is 0 Å². The second-order valence-electron chi connectivity index (χ2n) is 6.47. The number of nitrogens with zero attached hydrogens (tertiary/aromatic N) is 6. The lowest BCUT2D eigenvalue weighted by atomic mass is 10.1. The zero-order valence-corrected chi connectivity index (χ0v) is 14.6. The molecule has 0 bridgehead atoms. The lowest BCUT2D eigenvalue weighted by molar-refractivity contribution is 0.0396. The Labute approximate surface area is 156 Å². The van der Waals surface area contributed by atoms with Crippen LogP contribution in [0.5, 0.6) is 0 Å². The molecule has 7 nitrogen and oxygen atoms in total. The van der Waals surface area contributed by atoms with Gasteiger partial charge in [0.05, 0.1) is 18.0 Å². The average molecular weight is 358 g/mol. The largest absolute Gasteiger partial charge is 0.370 e. The first-order valence-electron chi connectivity index (χ1n) is 8.91. The highest BCUT2D eigenvalue weighted by Gasteiger charge is 2.25. The minimum absolute atomic E-state index is 0.0243. The summed E-state index contributed by atoms with van der Waals surface area (Å²) in [4.78, 5) is 6.51. The lowest BCUT2D eigenvalue weighted by Crippen LogP contribution is -2.38. The molecule has 0 amide bonds. The Morgan fingerprint density at radius 1 is 1.07 bits per heavy atom. The minimum atomic E-state index is -0.0243. The minimum Gasteiger partial charge on any atom is -0.370 e. The number of anilines is 1. The molecule has 1 unspecified atom stereocenters. The Bertz CT molecular complexity index is 1050. The van der Waals surface area contributed by atoms with Gasteiger partial charge < -0.3 is 9.64 Å². The van der Waals surface area contributed by atoms with Crippen LogP contribution in [0.25, 0.3) is 16.9 Å². The van der Waals surface area contributed by atoms with E-state index in [4.69, 9.17) is 4.74 Å². The third-order valence-corrected chi connectivity index (χ3v) is 4.78. The van der Waals surface area contributed by atoms with Crippen molar-refractivity contribution in [3.05, 3.63) is 72.8 Å². The average Bonchev–Trinajstić information content (AvgIpc) is 3.23. The van der Waals surface area contributed by atoms with Gasteiger partial charge in [-0.25, -0.2) is 0 Å². The number of benzene rings is 1. The van der Waals surface area contributed by atoms with E-state index in [9.17, 15) is 0 Å². The molecular formula is C20H18N6O. The fraction of sp³-hybridized carbons (Fsp3) is 0.200. The smallest absolute Gasteiger partial charge is 0.200 e. The maximum atomic E-state index is 5.98. The van der Waals surface area contributed by atoms with Gasteiger partial charge in [-0.15, -0.1) is 10.2 Å². The van der Waals surface area contributed by atoms with E-state index < -0.39 is 0 Å². The number of ether oxygens (including phenoxy) is 1. The molecule has 1 aliphatic heterocycles. The fourth-order valence-corrected chi connectivity index (χ4v) is 3.43. The maximum absolute atomic E-state index is 5.98. The van der Waals surface area contributed by atoms with Crippen molar-refractivity contribution >= 4 is 11.3 Å². The van der Waals surface area contributed by atoms with Crippen LogP contribution in [0.3, 0.4) is 0 Å². The third kappa shape index (κ3) is 3.02. The SMILES string of the molecule is c1ccc(-c2cc(N3CCOC(c4cccnc4)C3)c3nncn3n2)cc1. The fourth-order valence-electron chi connectivity index (χ4n) is 3.43. The number of morpholine rings is 1. The number of fused-ring (bicyclic) bond motifs is 1. The van der Waals surface area contributed by atoms with Gasteiger partial charge in [-0.3, -0.25) is 4.98 Å². The molecule has 27 heavy (non-hydrogen) atoms. The quantitative estimate of drug-likeness (QED) is 0.561. The molecule has 1 aliphatic rings. The van der Waals surface area contributed by atoms with Crippen molar-refractivity contribution < 1.29 is 4.74 Å². The van der Waals surface area contributed by atoms with Gasteiger partial charge in [-0.1, -0.05) is 36.4 Å². The second-order valence-corrected chi connectivity index (χ2v) is 6.47. The lowest BCUT2D eigenvalue weighted by Gasteiger charge is -2.34. The Kier molecular flexibility index (Phi) is 3.99. The highest BCUT2D eigenvalue weighted by molar-refractivity contribution is 5.74. The van der Waals surface area contributed by atoms with Gasteiger partial charge >= 0.3 is 0 Å². The first-order valence-corrected chi connectivity index (χ1v) is 8.91. The normalized spacial score (nSPS) is 17.3.